The van der Waals surface area contributed by atoms with Crippen LogP contribution in [-0.2, 0) is 15.7 Å². The Morgan fingerprint density at radius 1 is 1.38 bits per heavy atom. The number of rotatable bonds is 5. The molecule has 1 amide bonds. The molecule has 0 spiro atoms. The van der Waals surface area contributed by atoms with E-state index in [1.165, 1.54) is 6.92 Å². The van der Waals surface area contributed by atoms with E-state index in [1.807, 2.05) is 0 Å². The molecule has 1 unspecified atom stereocenters. The van der Waals surface area contributed by atoms with Gasteiger partial charge >= 0.3 is 6.18 Å². The van der Waals surface area contributed by atoms with Gasteiger partial charge in [0.05, 0.1) is 16.9 Å². The third-order valence-corrected chi connectivity index (χ3v) is 2.48. The Labute approximate surface area is 117 Å². The Bertz CT molecular complexity index is 505. The van der Waals surface area contributed by atoms with Crippen molar-refractivity contribution in [1.29, 1.82) is 0 Å². The Balaban J connectivity index is 2.73. The molecule has 0 radical (unpaired) electrons. The number of benzene rings is 1. The molecule has 0 aliphatic heterocycles. The van der Waals surface area contributed by atoms with Crippen molar-refractivity contribution in [3.05, 3.63) is 23.8 Å². The summed E-state index contributed by atoms with van der Waals surface area (Å²) in [5, 5.41) is 2.21. The van der Waals surface area contributed by atoms with Gasteiger partial charge in [-0.05, 0) is 25.1 Å². The summed E-state index contributed by atoms with van der Waals surface area (Å²) in [4.78, 5) is 11.6. The fraction of sp³-hybridized carbons (Fsp3) is 0.417. The van der Waals surface area contributed by atoms with Crippen LogP contribution in [0.3, 0.4) is 0 Å². The molecule has 4 nitrogen and oxygen atoms in total. The monoisotopic (exact) mass is 312 g/mol. The predicted octanol–water partition coefficient (Wildman–Crippen LogP) is 2.90. The van der Waals surface area contributed by atoms with Gasteiger partial charge < -0.3 is 15.8 Å². The number of carbonyl (C=O) groups is 1. The molecule has 0 fully saturated rings. The van der Waals surface area contributed by atoms with Crippen LogP contribution in [0, 0.1) is 0 Å². The number of hydrogen-bond acceptors (Lipinski definition) is 3. The standard InChI is InChI=1S/C12H13F5N2O2/c1-6(21-5-10(13)14)11(20)19-9-3-2-7(4-8(9)18)12(15,16)17/h2-4,6,10H,5,18H2,1H3,(H,19,20). The topological polar surface area (TPSA) is 64.3 Å². The Morgan fingerprint density at radius 2 is 2.00 bits per heavy atom. The highest BCUT2D eigenvalue weighted by Crippen LogP contribution is 2.32. The van der Waals surface area contributed by atoms with Crippen molar-refractivity contribution in [1.82, 2.24) is 0 Å². The summed E-state index contributed by atoms with van der Waals surface area (Å²) >= 11 is 0. The smallest absolute Gasteiger partial charge is 0.397 e. The first-order chi connectivity index (χ1) is 9.61. The fourth-order valence-electron chi connectivity index (χ4n) is 1.38. The molecule has 0 aliphatic carbocycles. The van der Waals surface area contributed by atoms with Crippen LogP contribution in [0.25, 0.3) is 0 Å². The minimum Gasteiger partial charge on any atom is -0.397 e. The molecular formula is C12H13F5N2O2. The van der Waals surface area contributed by atoms with Gasteiger partial charge in [-0.1, -0.05) is 0 Å². The predicted molar refractivity (Wildman–Crippen MR) is 65.9 cm³/mol. The largest absolute Gasteiger partial charge is 0.416 e. The summed E-state index contributed by atoms with van der Waals surface area (Å²) < 4.78 is 65.7. The first-order valence-corrected chi connectivity index (χ1v) is 5.78. The van der Waals surface area contributed by atoms with E-state index >= 15 is 0 Å². The number of halogens is 5. The molecule has 0 saturated carbocycles. The quantitative estimate of drug-likeness (QED) is 0.649. The minimum atomic E-state index is -4.55. The number of alkyl halides is 5. The zero-order chi connectivity index (χ0) is 16.2. The molecule has 1 atom stereocenters. The Morgan fingerprint density at radius 3 is 2.48 bits per heavy atom. The van der Waals surface area contributed by atoms with Crippen LogP contribution >= 0.6 is 0 Å². The number of anilines is 2. The van der Waals surface area contributed by atoms with Gasteiger partial charge in [-0.3, -0.25) is 4.79 Å². The average Bonchev–Trinajstić information content (AvgIpc) is 2.36. The van der Waals surface area contributed by atoms with Crippen molar-refractivity contribution in [2.75, 3.05) is 17.7 Å². The third-order valence-electron chi connectivity index (χ3n) is 2.48. The lowest BCUT2D eigenvalue weighted by molar-refractivity contribution is -0.137. The van der Waals surface area contributed by atoms with Crippen LogP contribution in [0.1, 0.15) is 12.5 Å². The lowest BCUT2D eigenvalue weighted by atomic mass is 10.1. The van der Waals surface area contributed by atoms with Crippen LogP contribution in [0.15, 0.2) is 18.2 Å². The Hall–Kier alpha value is -1.90. The molecule has 0 saturated heterocycles. The SMILES string of the molecule is CC(OCC(F)F)C(=O)Nc1ccc(C(F)(F)F)cc1N. The van der Waals surface area contributed by atoms with Crippen molar-refractivity contribution in [3.8, 4) is 0 Å². The number of amides is 1. The highest BCUT2D eigenvalue weighted by molar-refractivity contribution is 5.96. The number of hydrogen-bond donors (Lipinski definition) is 2. The second-order valence-corrected chi connectivity index (χ2v) is 4.16. The molecule has 0 bridgehead atoms. The van der Waals surface area contributed by atoms with Crippen LogP contribution < -0.4 is 11.1 Å². The third kappa shape index (κ3) is 5.18. The zero-order valence-corrected chi connectivity index (χ0v) is 10.9. The Kier molecular flexibility index (Phi) is 5.47. The highest BCUT2D eigenvalue weighted by Gasteiger charge is 2.31. The molecule has 3 N–H and O–H groups in total. The van der Waals surface area contributed by atoms with E-state index in [0.29, 0.717) is 6.07 Å². The van der Waals surface area contributed by atoms with E-state index in [2.05, 4.69) is 10.1 Å². The van der Waals surface area contributed by atoms with Gasteiger partial charge in [0.1, 0.15) is 12.7 Å². The first kappa shape index (κ1) is 17.2. The average molecular weight is 312 g/mol. The van der Waals surface area contributed by atoms with Crippen molar-refractivity contribution in [2.45, 2.75) is 25.6 Å². The second kappa shape index (κ2) is 6.70. The van der Waals surface area contributed by atoms with Gasteiger partial charge in [-0.25, -0.2) is 8.78 Å². The number of carbonyl (C=O) groups excluding carboxylic acids is 1. The van der Waals surface area contributed by atoms with E-state index in [9.17, 15) is 26.7 Å². The van der Waals surface area contributed by atoms with E-state index < -0.39 is 36.8 Å². The van der Waals surface area contributed by atoms with E-state index in [4.69, 9.17) is 5.73 Å². The van der Waals surface area contributed by atoms with Crippen molar-refractivity contribution in [3.63, 3.8) is 0 Å². The minimum absolute atomic E-state index is 0.0551. The summed E-state index contributed by atoms with van der Waals surface area (Å²) in [5.74, 6) is -0.790. The first-order valence-electron chi connectivity index (χ1n) is 5.78. The highest BCUT2D eigenvalue weighted by atomic mass is 19.4. The summed E-state index contributed by atoms with van der Waals surface area (Å²) in [6.07, 6.45) is -8.47. The van der Waals surface area contributed by atoms with E-state index in [0.717, 1.165) is 12.1 Å². The number of ether oxygens (including phenoxy) is 1. The van der Waals surface area contributed by atoms with E-state index in [1.54, 1.807) is 0 Å². The molecule has 0 aromatic heterocycles. The summed E-state index contributed by atoms with van der Waals surface area (Å²) in [5.41, 5.74) is 4.11. The van der Waals surface area contributed by atoms with Crippen LogP contribution in [-0.4, -0.2) is 25.0 Å². The van der Waals surface area contributed by atoms with Gasteiger partial charge in [0.25, 0.3) is 12.3 Å². The van der Waals surface area contributed by atoms with Crippen LogP contribution in [0.2, 0.25) is 0 Å². The van der Waals surface area contributed by atoms with Crippen LogP contribution in [0.5, 0.6) is 0 Å². The normalized spacial score (nSPS) is 13.3. The molecule has 118 valence electrons. The molecular weight excluding hydrogens is 299 g/mol. The number of nitrogens with one attached hydrogen (secondary N) is 1. The van der Waals surface area contributed by atoms with Crippen molar-refractivity contribution < 1.29 is 31.5 Å². The maximum absolute atomic E-state index is 12.4. The van der Waals surface area contributed by atoms with E-state index in [-0.39, 0.29) is 11.4 Å². The van der Waals surface area contributed by atoms with Gasteiger partial charge in [0.2, 0.25) is 0 Å². The van der Waals surface area contributed by atoms with Crippen molar-refractivity contribution in [2.24, 2.45) is 0 Å². The number of nitrogens with two attached hydrogens (primary N) is 1. The lowest BCUT2D eigenvalue weighted by Crippen LogP contribution is -2.29. The van der Waals surface area contributed by atoms with Crippen LogP contribution in [0.4, 0.5) is 33.3 Å². The lowest BCUT2D eigenvalue weighted by Gasteiger charge is -2.15. The molecule has 0 aliphatic rings. The second-order valence-electron chi connectivity index (χ2n) is 4.16. The molecule has 9 heteroatoms. The summed E-state index contributed by atoms with van der Waals surface area (Å²) in [6, 6.07) is 2.40. The summed E-state index contributed by atoms with van der Waals surface area (Å²) in [7, 11) is 0. The van der Waals surface area contributed by atoms with Gasteiger partial charge in [-0.15, -0.1) is 0 Å². The molecule has 1 aromatic rings. The fourth-order valence-corrected chi connectivity index (χ4v) is 1.38. The van der Waals surface area contributed by atoms with Gasteiger partial charge in [0, 0.05) is 0 Å². The molecule has 1 aromatic carbocycles. The molecule has 21 heavy (non-hydrogen) atoms. The van der Waals surface area contributed by atoms with Gasteiger partial charge in [0.15, 0.2) is 0 Å². The van der Waals surface area contributed by atoms with Crippen molar-refractivity contribution >= 4 is 17.3 Å². The molecule has 0 heterocycles. The summed E-state index contributed by atoms with van der Waals surface area (Å²) in [6.45, 7) is 0.315. The zero-order valence-electron chi connectivity index (χ0n) is 10.9. The number of nitrogen functional groups attached to an aromatic ring is 1. The maximum Gasteiger partial charge on any atom is 0.416 e. The maximum atomic E-state index is 12.4. The molecule has 1 rings (SSSR count). The van der Waals surface area contributed by atoms with Gasteiger partial charge in [-0.2, -0.15) is 13.2 Å².